The van der Waals surface area contributed by atoms with Crippen molar-refractivity contribution < 1.29 is 19.1 Å². The van der Waals surface area contributed by atoms with E-state index in [-0.39, 0.29) is 17.7 Å². The lowest BCUT2D eigenvalue weighted by Gasteiger charge is -2.32. The van der Waals surface area contributed by atoms with Gasteiger partial charge in [0.2, 0.25) is 17.7 Å². The van der Waals surface area contributed by atoms with Gasteiger partial charge in [-0.25, -0.2) is 4.90 Å². The number of carbonyl (C=O) groups is 3. The molecule has 6 nitrogen and oxygen atoms in total. The Morgan fingerprint density at radius 3 is 2.07 bits per heavy atom. The molecule has 2 saturated heterocycles. The Morgan fingerprint density at radius 2 is 1.50 bits per heavy atom. The van der Waals surface area contributed by atoms with Crippen molar-refractivity contribution in [1.82, 2.24) is 4.90 Å². The molecule has 2 bridgehead atoms. The average Bonchev–Trinajstić information content (AvgIpc) is 3.32. The number of rotatable bonds is 2. The molecule has 6 heteroatoms. The van der Waals surface area contributed by atoms with Gasteiger partial charge in [0.1, 0.15) is 5.75 Å². The number of ether oxygens (including phenoxy) is 1. The minimum Gasteiger partial charge on any atom is -0.497 e. The monoisotopic (exact) mass is 404 g/mol. The summed E-state index contributed by atoms with van der Waals surface area (Å²) in [5.41, 5.74) is 1.81. The van der Waals surface area contributed by atoms with Gasteiger partial charge in [-0.05, 0) is 35.4 Å². The molecule has 5 rings (SSSR count). The van der Waals surface area contributed by atoms with E-state index in [0.717, 1.165) is 11.1 Å². The second kappa shape index (κ2) is 6.17. The zero-order chi connectivity index (χ0) is 21.4. The van der Waals surface area contributed by atoms with Gasteiger partial charge < -0.3 is 9.64 Å². The number of anilines is 1. The Hall–Kier alpha value is -3.15. The molecule has 3 heterocycles. The van der Waals surface area contributed by atoms with Crippen molar-refractivity contribution in [2.45, 2.75) is 32.9 Å². The number of amides is 3. The van der Waals surface area contributed by atoms with Crippen molar-refractivity contribution in [3.05, 3.63) is 59.7 Å². The summed E-state index contributed by atoms with van der Waals surface area (Å²) in [5.74, 6) is -0.962. The number of fused-ring (bicyclic) bond motifs is 8. The quantitative estimate of drug-likeness (QED) is 0.719. The van der Waals surface area contributed by atoms with Crippen LogP contribution in [0.25, 0.3) is 0 Å². The summed E-state index contributed by atoms with van der Waals surface area (Å²) in [6.07, 6.45) is 0. The van der Waals surface area contributed by atoms with Crippen LogP contribution in [0.15, 0.2) is 48.5 Å². The maximum atomic E-state index is 13.5. The molecule has 2 fully saturated rings. The van der Waals surface area contributed by atoms with Gasteiger partial charge in [-0.15, -0.1) is 0 Å². The van der Waals surface area contributed by atoms with Crippen LogP contribution in [0.2, 0.25) is 0 Å². The predicted molar refractivity (Wildman–Crippen MR) is 111 cm³/mol. The van der Waals surface area contributed by atoms with E-state index in [9.17, 15) is 14.4 Å². The first-order valence-electron chi connectivity index (χ1n) is 10.2. The van der Waals surface area contributed by atoms with Gasteiger partial charge in [0.05, 0.1) is 36.7 Å². The maximum Gasteiger partial charge on any atom is 0.240 e. The van der Waals surface area contributed by atoms with Gasteiger partial charge >= 0.3 is 0 Å². The van der Waals surface area contributed by atoms with Crippen LogP contribution in [0.4, 0.5) is 5.69 Å². The minimum absolute atomic E-state index is 0.0473. The summed E-state index contributed by atoms with van der Waals surface area (Å²) in [6.45, 7) is 5.61. The molecule has 4 atom stereocenters. The number of carbonyl (C=O) groups excluding carboxylic acids is 3. The molecule has 2 aromatic carbocycles. The van der Waals surface area contributed by atoms with Crippen molar-refractivity contribution in [3.8, 4) is 5.75 Å². The molecule has 0 aliphatic carbocycles. The van der Waals surface area contributed by atoms with E-state index >= 15 is 0 Å². The number of para-hydroxylation sites is 1. The van der Waals surface area contributed by atoms with E-state index < -0.39 is 29.3 Å². The lowest BCUT2D eigenvalue weighted by Crippen LogP contribution is -2.42. The van der Waals surface area contributed by atoms with Crippen molar-refractivity contribution in [2.24, 2.45) is 17.3 Å². The number of methoxy groups -OCH3 is 1. The van der Waals surface area contributed by atoms with Gasteiger partial charge in [0.25, 0.3) is 0 Å². The number of hydrogen-bond acceptors (Lipinski definition) is 4. The van der Waals surface area contributed by atoms with E-state index in [1.54, 1.807) is 24.1 Å². The molecule has 30 heavy (non-hydrogen) atoms. The van der Waals surface area contributed by atoms with Gasteiger partial charge in [0, 0.05) is 5.41 Å². The van der Waals surface area contributed by atoms with Gasteiger partial charge in [-0.2, -0.15) is 0 Å². The van der Waals surface area contributed by atoms with E-state index in [0.29, 0.717) is 11.4 Å². The topological polar surface area (TPSA) is 66.9 Å². The Bertz CT molecular complexity index is 1070. The highest BCUT2D eigenvalue weighted by Crippen LogP contribution is 2.63. The zero-order valence-corrected chi connectivity index (χ0v) is 17.5. The Balaban J connectivity index is 1.65. The normalized spacial score (nSPS) is 26.8. The molecule has 3 aliphatic heterocycles. The highest BCUT2D eigenvalue weighted by molar-refractivity contribution is 6.23. The van der Waals surface area contributed by atoms with Crippen LogP contribution in [0.3, 0.4) is 0 Å². The van der Waals surface area contributed by atoms with E-state index in [4.69, 9.17) is 4.74 Å². The molecule has 3 amide bonds. The smallest absolute Gasteiger partial charge is 0.240 e. The molecule has 3 aliphatic rings. The third kappa shape index (κ3) is 2.33. The molecule has 0 aromatic heterocycles. The highest BCUT2D eigenvalue weighted by atomic mass is 16.5. The lowest BCUT2D eigenvalue weighted by atomic mass is 9.77. The second-order valence-corrected chi connectivity index (χ2v) is 9.25. The van der Waals surface area contributed by atoms with E-state index in [2.05, 4.69) is 0 Å². The van der Waals surface area contributed by atoms with Crippen molar-refractivity contribution in [1.29, 1.82) is 0 Å². The first-order chi connectivity index (χ1) is 14.3. The molecular weight excluding hydrogens is 380 g/mol. The standard InChI is InChI=1S/C24H24N2O4/c1-24(2,3)23(29)26-19-15-11-10-14(30-4)12-16(15)20(26)18-17(19)21(27)25(22(18)28)13-8-6-5-7-9-13/h5-12,17-20H,1-4H3/t17-,18-,19-,20-/m0/s1. The molecule has 0 unspecified atom stereocenters. The summed E-state index contributed by atoms with van der Waals surface area (Å²) in [4.78, 5) is 43.5. The van der Waals surface area contributed by atoms with Crippen LogP contribution >= 0.6 is 0 Å². The van der Waals surface area contributed by atoms with Crippen molar-refractivity contribution in [2.75, 3.05) is 12.0 Å². The number of nitrogens with zero attached hydrogens (tertiary/aromatic N) is 2. The van der Waals surface area contributed by atoms with Gasteiger partial charge in [-0.3, -0.25) is 14.4 Å². The number of hydrogen-bond donors (Lipinski definition) is 0. The number of imide groups is 1. The summed E-state index contributed by atoms with van der Waals surface area (Å²) in [6, 6.07) is 13.8. The molecule has 154 valence electrons. The van der Waals surface area contributed by atoms with Crippen LogP contribution in [0.1, 0.15) is 44.0 Å². The van der Waals surface area contributed by atoms with Crippen LogP contribution in [0, 0.1) is 17.3 Å². The van der Waals surface area contributed by atoms with Gasteiger partial charge in [0.15, 0.2) is 0 Å². The molecule has 0 N–H and O–H groups in total. The third-order valence-electron chi connectivity index (χ3n) is 6.50. The molecule has 2 aromatic rings. The van der Waals surface area contributed by atoms with Crippen LogP contribution in [-0.4, -0.2) is 29.7 Å². The SMILES string of the molecule is COc1ccc2c(c1)[C@H]1[C@H]3C(=O)N(c4ccccc4)C(=O)[C@@H]3[C@H]2N1C(=O)C(C)(C)C. The molecule has 0 spiro atoms. The van der Waals surface area contributed by atoms with E-state index in [1.165, 1.54) is 4.90 Å². The van der Waals surface area contributed by atoms with Crippen LogP contribution in [0.5, 0.6) is 5.75 Å². The number of benzene rings is 2. The first kappa shape index (κ1) is 18.9. The third-order valence-corrected chi connectivity index (χ3v) is 6.50. The fourth-order valence-corrected chi connectivity index (χ4v) is 5.26. The summed E-state index contributed by atoms with van der Waals surface area (Å²) in [7, 11) is 1.59. The fourth-order valence-electron chi connectivity index (χ4n) is 5.26. The second-order valence-electron chi connectivity index (χ2n) is 9.25. The molecule has 0 saturated carbocycles. The van der Waals surface area contributed by atoms with Crippen LogP contribution in [-0.2, 0) is 14.4 Å². The Morgan fingerprint density at radius 1 is 0.900 bits per heavy atom. The van der Waals surface area contributed by atoms with Crippen molar-refractivity contribution >= 4 is 23.4 Å². The summed E-state index contributed by atoms with van der Waals surface area (Å²) < 4.78 is 5.39. The largest absolute Gasteiger partial charge is 0.497 e. The Kier molecular flexibility index (Phi) is 3.88. The van der Waals surface area contributed by atoms with Gasteiger partial charge in [-0.1, -0.05) is 45.0 Å². The minimum atomic E-state index is -0.619. The van der Waals surface area contributed by atoms with E-state index in [1.807, 2.05) is 57.2 Å². The maximum absolute atomic E-state index is 13.5. The average molecular weight is 404 g/mol. The predicted octanol–water partition coefficient (Wildman–Crippen LogP) is 3.49. The molecule has 0 radical (unpaired) electrons. The highest BCUT2D eigenvalue weighted by Gasteiger charge is 2.68. The summed E-state index contributed by atoms with van der Waals surface area (Å²) >= 11 is 0. The lowest BCUT2D eigenvalue weighted by molar-refractivity contribution is -0.143. The summed E-state index contributed by atoms with van der Waals surface area (Å²) in [5, 5.41) is 0. The Labute approximate surface area is 175 Å². The molecular formula is C24H24N2O4. The zero-order valence-electron chi connectivity index (χ0n) is 17.5. The fraction of sp³-hybridized carbons (Fsp3) is 0.375. The first-order valence-corrected chi connectivity index (χ1v) is 10.2. The van der Waals surface area contributed by atoms with Crippen molar-refractivity contribution in [3.63, 3.8) is 0 Å². The van der Waals surface area contributed by atoms with Crippen LogP contribution < -0.4 is 9.64 Å².